The fourth-order valence-corrected chi connectivity index (χ4v) is 3.04. The number of aliphatic hydroxyl groups is 1. The Morgan fingerprint density at radius 3 is 2.60 bits per heavy atom. The molecule has 15 heavy (non-hydrogen) atoms. The molecule has 0 aromatic heterocycles. The normalized spacial score (nSPS) is 40.4. The minimum atomic E-state index is -0.462. The molecule has 2 rings (SSSR count). The highest BCUT2D eigenvalue weighted by molar-refractivity contribution is 4.97. The summed E-state index contributed by atoms with van der Waals surface area (Å²) in [6.45, 7) is 3.45. The van der Waals surface area contributed by atoms with E-state index in [2.05, 4.69) is 5.32 Å². The molecule has 2 fully saturated rings. The van der Waals surface area contributed by atoms with Gasteiger partial charge in [-0.25, -0.2) is 0 Å². The lowest BCUT2D eigenvalue weighted by Gasteiger charge is -2.45. The van der Waals surface area contributed by atoms with Gasteiger partial charge < -0.3 is 15.2 Å². The van der Waals surface area contributed by atoms with E-state index in [0.717, 1.165) is 25.9 Å². The number of nitrogens with one attached hydrogen (secondary N) is 1. The lowest BCUT2D eigenvalue weighted by atomic mass is 9.76. The third-order valence-electron chi connectivity index (χ3n) is 3.75. The molecule has 3 heteroatoms. The summed E-state index contributed by atoms with van der Waals surface area (Å²) in [6.07, 6.45) is 6.41. The predicted molar refractivity (Wildman–Crippen MR) is 59.9 cm³/mol. The largest absolute Gasteiger partial charge is 0.390 e. The average Bonchev–Trinajstić information content (AvgIpc) is 2.17. The van der Waals surface area contributed by atoms with Crippen LogP contribution in [0.2, 0.25) is 0 Å². The highest BCUT2D eigenvalue weighted by Crippen LogP contribution is 2.34. The van der Waals surface area contributed by atoms with E-state index in [-0.39, 0.29) is 0 Å². The molecule has 0 spiro atoms. The second-order valence-electron chi connectivity index (χ2n) is 5.07. The molecule has 2 aliphatic rings. The highest BCUT2D eigenvalue weighted by Gasteiger charge is 2.40. The Morgan fingerprint density at radius 2 is 2.00 bits per heavy atom. The Kier molecular flexibility index (Phi) is 3.65. The second-order valence-corrected chi connectivity index (χ2v) is 5.07. The second kappa shape index (κ2) is 4.81. The van der Waals surface area contributed by atoms with Crippen LogP contribution in [0, 0.1) is 0 Å². The molecular weight excluding hydrogens is 190 g/mol. The molecule has 2 atom stereocenters. The van der Waals surface area contributed by atoms with Gasteiger partial charge in [0.1, 0.15) is 0 Å². The smallest absolute Gasteiger partial charge is 0.0699 e. The molecule has 2 saturated heterocycles. The molecule has 2 aliphatic heterocycles. The van der Waals surface area contributed by atoms with Crippen molar-refractivity contribution in [3.05, 3.63) is 0 Å². The van der Waals surface area contributed by atoms with Crippen molar-refractivity contribution in [3.8, 4) is 0 Å². The number of hydrogen-bond donors (Lipinski definition) is 2. The minimum absolute atomic E-state index is 0.462. The van der Waals surface area contributed by atoms with Crippen LogP contribution < -0.4 is 5.32 Å². The van der Waals surface area contributed by atoms with Gasteiger partial charge in [-0.1, -0.05) is 6.42 Å². The van der Waals surface area contributed by atoms with Gasteiger partial charge in [-0.2, -0.15) is 0 Å². The molecule has 2 unspecified atom stereocenters. The molecule has 2 heterocycles. The summed E-state index contributed by atoms with van der Waals surface area (Å²) in [6, 6.07) is 1.09. The van der Waals surface area contributed by atoms with Crippen molar-refractivity contribution in [2.75, 3.05) is 13.2 Å². The van der Waals surface area contributed by atoms with E-state index in [1.165, 1.54) is 19.3 Å². The molecule has 0 radical (unpaired) electrons. The van der Waals surface area contributed by atoms with E-state index in [1.54, 1.807) is 0 Å². The zero-order chi connectivity index (χ0) is 10.7. The van der Waals surface area contributed by atoms with Gasteiger partial charge >= 0.3 is 0 Å². The monoisotopic (exact) mass is 213 g/mol. The van der Waals surface area contributed by atoms with Gasteiger partial charge in [-0.05, 0) is 39.0 Å². The van der Waals surface area contributed by atoms with Crippen molar-refractivity contribution in [2.45, 2.75) is 63.1 Å². The fourth-order valence-electron chi connectivity index (χ4n) is 3.04. The maximum atomic E-state index is 10.5. The molecular formula is C12H23NO2. The van der Waals surface area contributed by atoms with E-state index in [0.29, 0.717) is 18.7 Å². The van der Waals surface area contributed by atoms with Crippen molar-refractivity contribution in [1.29, 1.82) is 0 Å². The maximum absolute atomic E-state index is 10.5. The summed E-state index contributed by atoms with van der Waals surface area (Å²) >= 11 is 0. The molecule has 0 aromatic rings. The van der Waals surface area contributed by atoms with Crippen LogP contribution in [0.3, 0.4) is 0 Å². The van der Waals surface area contributed by atoms with Crippen LogP contribution in [0.4, 0.5) is 0 Å². The van der Waals surface area contributed by atoms with Crippen LogP contribution in [0.1, 0.15) is 45.4 Å². The Labute approximate surface area is 92.2 Å². The fraction of sp³-hybridized carbons (Fsp3) is 1.00. The summed E-state index contributed by atoms with van der Waals surface area (Å²) in [5, 5.41) is 14.1. The van der Waals surface area contributed by atoms with E-state index in [4.69, 9.17) is 4.74 Å². The number of rotatable bonds is 4. The topological polar surface area (TPSA) is 41.5 Å². The summed E-state index contributed by atoms with van der Waals surface area (Å²) in [5.74, 6) is 0. The quantitative estimate of drug-likeness (QED) is 0.695. The van der Waals surface area contributed by atoms with Gasteiger partial charge in [0.25, 0.3) is 0 Å². The van der Waals surface area contributed by atoms with Gasteiger partial charge in [0, 0.05) is 25.3 Å². The lowest BCUT2D eigenvalue weighted by molar-refractivity contribution is -0.0531. The molecule has 88 valence electrons. The number of hydrogen-bond acceptors (Lipinski definition) is 3. The Morgan fingerprint density at radius 1 is 1.33 bits per heavy atom. The zero-order valence-corrected chi connectivity index (χ0v) is 9.67. The van der Waals surface area contributed by atoms with Gasteiger partial charge in [-0.15, -0.1) is 0 Å². The van der Waals surface area contributed by atoms with E-state index in [1.807, 2.05) is 6.92 Å². The highest BCUT2D eigenvalue weighted by atomic mass is 16.5. The van der Waals surface area contributed by atoms with Crippen LogP contribution in [0.5, 0.6) is 0 Å². The van der Waals surface area contributed by atoms with Crippen LogP contribution in [-0.4, -0.2) is 36.0 Å². The van der Waals surface area contributed by atoms with Crippen molar-refractivity contribution < 1.29 is 9.84 Å². The van der Waals surface area contributed by atoms with Crippen LogP contribution in [-0.2, 0) is 4.74 Å². The Hall–Kier alpha value is -0.120. The van der Waals surface area contributed by atoms with Gasteiger partial charge in [0.2, 0.25) is 0 Å². The first kappa shape index (κ1) is 11.4. The molecule has 2 N–H and O–H groups in total. The van der Waals surface area contributed by atoms with Crippen LogP contribution in [0.25, 0.3) is 0 Å². The van der Waals surface area contributed by atoms with Gasteiger partial charge in [0.05, 0.1) is 5.60 Å². The summed E-state index contributed by atoms with van der Waals surface area (Å²) < 4.78 is 5.34. The number of ether oxygens (including phenoxy) is 1. The van der Waals surface area contributed by atoms with Gasteiger partial charge in [0.15, 0.2) is 0 Å². The van der Waals surface area contributed by atoms with Crippen molar-refractivity contribution >= 4 is 0 Å². The SMILES string of the molecule is CCOCCC1(O)CC2CCCC(C1)N2. The molecule has 0 saturated carbocycles. The molecule has 0 aromatic carbocycles. The summed E-state index contributed by atoms with van der Waals surface area (Å²) in [4.78, 5) is 0. The predicted octanol–water partition coefficient (Wildman–Crippen LogP) is 1.45. The lowest BCUT2D eigenvalue weighted by Crippen LogP contribution is -2.55. The van der Waals surface area contributed by atoms with Crippen molar-refractivity contribution in [3.63, 3.8) is 0 Å². The summed E-state index contributed by atoms with van der Waals surface area (Å²) in [5.41, 5.74) is -0.462. The molecule has 0 aliphatic carbocycles. The molecule has 0 amide bonds. The minimum Gasteiger partial charge on any atom is -0.390 e. The zero-order valence-electron chi connectivity index (χ0n) is 9.67. The van der Waals surface area contributed by atoms with E-state index >= 15 is 0 Å². The van der Waals surface area contributed by atoms with Gasteiger partial charge in [-0.3, -0.25) is 0 Å². The Bertz CT molecular complexity index is 196. The number of fused-ring (bicyclic) bond motifs is 2. The maximum Gasteiger partial charge on any atom is 0.0699 e. The Balaban J connectivity index is 1.85. The first-order valence-corrected chi connectivity index (χ1v) is 6.28. The first-order chi connectivity index (χ1) is 7.22. The van der Waals surface area contributed by atoms with Crippen LogP contribution in [0.15, 0.2) is 0 Å². The third kappa shape index (κ3) is 2.92. The molecule has 2 bridgehead atoms. The van der Waals surface area contributed by atoms with Crippen molar-refractivity contribution in [1.82, 2.24) is 5.32 Å². The van der Waals surface area contributed by atoms with E-state index < -0.39 is 5.60 Å². The van der Waals surface area contributed by atoms with Crippen molar-refractivity contribution in [2.24, 2.45) is 0 Å². The standard InChI is InChI=1S/C12H23NO2/c1-2-15-7-6-12(14)8-10-4-3-5-11(9-12)13-10/h10-11,13-14H,2-9H2,1H3. The first-order valence-electron chi connectivity index (χ1n) is 6.28. The third-order valence-corrected chi connectivity index (χ3v) is 3.75. The van der Waals surface area contributed by atoms with E-state index in [9.17, 15) is 5.11 Å². The number of piperidine rings is 2. The average molecular weight is 213 g/mol. The van der Waals surface area contributed by atoms with Crippen LogP contribution >= 0.6 is 0 Å². The molecule has 3 nitrogen and oxygen atoms in total. The summed E-state index contributed by atoms with van der Waals surface area (Å²) in [7, 11) is 0.